The van der Waals surface area contributed by atoms with E-state index in [1.807, 2.05) is 12.1 Å². The number of carbonyl (C=O) groups excluding carboxylic acids is 1. The Morgan fingerprint density at radius 3 is 2.58 bits per heavy atom. The third-order valence-electron chi connectivity index (χ3n) is 3.22. The second kappa shape index (κ2) is 8.93. The summed E-state index contributed by atoms with van der Waals surface area (Å²) in [7, 11) is 1.56. The van der Waals surface area contributed by atoms with Gasteiger partial charge in [-0.3, -0.25) is 9.59 Å². The van der Waals surface area contributed by atoms with E-state index in [0.29, 0.717) is 35.9 Å². The minimum absolute atomic E-state index is 0.0949. The van der Waals surface area contributed by atoms with Crippen molar-refractivity contribution in [2.75, 3.05) is 13.7 Å². The molecule has 1 aromatic heterocycles. The molecule has 0 saturated carbocycles. The van der Waals surface area contributed by atoms with Crippen LogP contribution in [0.3, 0.4) is 0 Å². The van der Waals surface area contributed by atoms with Gasteiger partial charge in [0.15, 0.2) is 0 Å². The SMILES string of the molecule is COc1csc(C(=O)NCc2ccc(OCCCC(=O)O)cc2)c1. The standard InChI is InChI=1S/C17H19NO5S/c1-22-14-9-15(24-11-14)17(21)18-10-12-4-6-13(7-5-12)23-8-2-3-16(19)20/h4-7,9,11H,2-3,8,10H2,1H3,(H,18,21)(H,19,20). The number of rotatable bonds is 9. The summed E-state index contributed by atoms with van der Waals surface area (Å²) >= 11 is 1.33. The van der Waals surface area contributed by atoms with E-state index in [0.717, 1.165) is 5.56 Å². The summed E-state index contributed by atoms with van der Waals surface area (Å²) in [6.45, 7) is 0.779. The van der Waals surface area contributed by atoms with Crippen LogP contribution in [0, 0.1) is 0 Å². The Bertz CT molecular complexity index is 681. The molecule has 24 heavy (non-hydrogen) atoms. The Kier molecular flexibility index (Phi) is 6.62. The Morgan fingerprint density at radius 2 is 1.96 bits per heavy atom. The predicted octanol–water partition coefficient (Wildman–Crippen LogP) is 2.93. The molecule has 0 saturated heterocycles. The van der Waals surface area contributed by atoms with E-state index in [9.17, 15) is 9.59 Å². The fraction of sp³-hybridized carbons (Fsp3) is 0.294. The molecule has 0 aliphatic heterocycles. The minimum Gasteiger partial charge on any atom is -0.496 e. The van der Waals surface area contributed by atoms with Crippen LogP contribution in [0.2, 0.25) is 0 Å². The molecule has 0 aliphatic rings. The molecule has 7 heteroatoms. The van der Waals surface area contributed by atoms with E-state index in [1.165, 1.54) is 11.3 Å². The van der Waals surface area contributed by atoms with Gasteiger partial charge in [-0.1, -0.05) is 12.1 Å². The number of carbonyl (C=O) groups is 2. The third kappa shape index (κ3) is 5.58. The Hall–Kier alpha value is -2.54. The van der Waals surface area contributed by atoms with E-state index in [4.69, 9.17) is 14.6 Å². The van der Waals surface area contributed by atoms with Crippen LogP contribution in [0.4, 0.5) is 0 Å². The lowest BCUT2D eigenvalue weighted by Gasteiger charge is -2.07. The molecule has 0 spiro atoms. The van der Waals surface area contributed by atoms with Crippen molar-refractivity contribution in [1.82, 2.24) is 5.32 Å². The van der Waals surface area contributed by atoms with Gasteiger partial charge in [-0.15, -0.1) is 11.3 Å². The van der Waals surface area contributed by atoms with E-state index < -0.39 is 5.97 Å². The van der Waals surface area contributed by atoms with E-state index in [-0.39, 0.29) is 12.3 Å². The van der Waals surface area contributed by atoms with Crippen molar-refractivity contribution in [1.29, 1.82) is 0 Å². The van der Waals surface area contributed by atoms with Gasteiger partial charge < -0.3 is 19.9 Å². The average Bonchev–Trinajstić information content (AvgIpc) is 3.07. The number of thiophene rings is 1. The first-order chi connectivity index (χ1) is 11.6. The van der Waals surface area contributed by atoms with Crippen molar-refractivity contribution < 1.29 is 24.2 Å². The molecule has 2 N–H and O–H groups in total. The van der Waals surface area contributed by atoms with Crippen LogP contribution < -0.4 is 14.8 Å². The van der Waals surface area contributed by atoms with Gasteiger partial charge in [-0.25, -0.2) is 0 Å². The van der Waals surface area contributed by atoms with E-state index >= 15 is 0 Å². The second-order valence-corrected chi connectivity index (χ2v) is 5.93. The van der Waals surface area contributed by atoms with Gasteiger partial charge in [0, 0.05) is 24.4 Å². The lowest BCUT2D eigenvalue weighted by molar-refractivity contribution is -0.137. The molecule has 0 unspecified atom stereocenters. The van der Waals surface area contributed by atoms with Crippen LogP contribution in [0.25, 0.3) is 0 Å². The van der Waals surface area contributed by atoms with Crippen LogP contribution >= 0.6 is 11.3 Å². The molecule has 0 aliphatic carbocycles. The molecule has 0 fully saturated rings. The molecule has 6 nitrogen and oxygen atoms in total. The monoisotopic (exact) mass is 349 g/mol. The maximum absolute atomic E-state index is 12.0. The van der Waals surface area contributed by atoms with Gasteiger partial charge >= 0.3 is 5.97 Å². The van der Waals surface area contributed by atoms with Gasteiger partial charge in [0.25, 0.3) is 5.91 Å². The van der Waals surface area contributed by atoms with Crippen molar-refractivity contribution in [2.24, 2.45) is 0 Å². The smallest absolute Gasteiger partial charge is 0.303 e. The van der Waals surface area contributed by atoms with Gasteiger partial charge in [-0.2, -0.15) is 0 Å². The maximum atomic E-state index is 12.0. The zero-order valence-electron chi connectivity index (χ0n) is 13.3. The van der Waals surface area contributed by atoms with Crippen molar-refractivity contribution >= 4 is 23.2 Å². The molecule has 0 bridgehead atoms. The summed E-state index contributed by atoms with van der Waals surface area (Å²) in [6, 6.07) is 9.03. The molecule has 2 rings (SSSR count). The number of amides is 1. The molecule has 0 radical (unpaired) electrons. The summed E-state index contributed by atoms with van der Waals surface area (Å²) in [5.41, 5.74) is 0.949. The largest absolute Gasteiger partial charge is 0.496 e. The van der Waals surface area contributed by atoms with Gasteiger partial charge in [0.05, 0.1) is 18.6 Å². The number of carboxylic acids is 1. The van der Waals surface area contributed by atoms with Crippen LogP contribution in [-0.4, -0.2) is 30.7 Å². The fourth-order valence-corrected chi connectivity index (χ4v) is 2.70. The van der Waals surface area contributed by atoms with Crippen molar-refractivity contribution in [3.8, 4) is 11.5 Å². The number of carboxylic acid groups (broad SMARTS) is 1. The van der Waals surface area contributed by atoms with E-state index in [2.05, 4.69) is 5.32 Å². The van der Waals surface area contributed by atoms with E-state index in [1.54, 1.807) is 30.7 Å². The van der Waals surface area contributed by atoms with Gasteiger partial charge in [0.2, 0.25) is 0 Å². The molecule has 2 aromatic rings. The first-order valence-corrected chi connectivity index (χ1v) is 8.30. The zero-order chi connectivity index (χ0) is 17.4. The minimum atomic E-state index is -0.826. The summed E-state index contributed by atoms with van der Waals surface area (Å²) in [6.07, 6.45) is 0.565. The van der Waals surface area contributed by atoms with Crippen molar-refractivity contribution in [3.05, 3.63) is 46.2 Å². The van der Waals surface area contributed by atoms with Crippen molar-refractivity contribution in [2.45, 2.75) is 19.4 Å². The highest BCUT2D eigenvalue weighted by atomic mass is 32.1. The molecular weight excluding hydrogens is 330 g/mol. The summed E-state index contributed by atoms with van der Waals surface area (Å²) in [4.78, 5) is 23.0. The van der Waals surface area contributed by atoms with Gasteiger partial charge in [-0.05, 0) is 24.1 Å². The molecule has 0 atom stereocenters. The fourth-order valence-electron chi connectivity index (χ4n) is 1.93. The average molecular weight is 349 g/mol. The van der Waals surface area contributed by atoms with Crippen molar-refractivity contribution in [3.63, 3.8) is 0 Å². The summed E-state index contributed by atoms with van der Waals surface area (Å²) < 4.78 is 10.5. The number of methoxy groups -OCH3 is 1. The van der Waals surface area contributed by atoms with Gasteiger partial charge in [0.1, 0.15) is 11.5 Å². The number of nitrogens with one attached hydrogen (secondary N) is 1. The summed E-state index contributed by atoms with van der Waals surface area (Å²) in [5.74, 6) is 0.387. The Balaban J connectivity index is 1.77. The Labute approximate surface area is 144 Å². The number of ether oxygens (including phenoxy) is 2. The molecular formula is C17H19NO5S. The first-order valence-electron chi connectivity index (χ1n) is 7.42. The second-order valence-electron chi connectivity index (χ2n) is 5.02. The molecule has 1 aromatic carbocycles. The third-order valence-corrected chi connectivity index (χ3v) is 4.12. The van der Waals surface area contributed by atoms with Crippen LogP contribution in [0.15, 0.2) is 35.7 Å². The number of benzene rings is 1. The topological polar surface area (TPSA) is 84.9 Å². The number of hydrogen-bond donors (Lipinski definition) is 2. The first kappa shape index (κ1) is 17.8. The number of aliphatic carboxylic acids is 1. The lowest BCUT2D eigenvalue weighted by Crippen LogP contribution is -2.21. The highest BCUT2D eigenvalue weighted by molar-refractivity contribution is 7.12. The molecule has 128 valence electrons. The summed E-state index contributed by atoms with van der Waals surface area (Å²) in [5, 5.41) is 13.2. The van der Waals surface area contributed by atoms with Crippen LogP contribution in [-0.2, 0) is 11.3 Å². The number of hydrogen-bond acceptors (Lipinski definition) is 5. The van der Waals surface area contributed by atoms with Crippen LogP contribution in [0.1, 0.15) is 28.1 Å². The normalized spacial score (nSPS) is 10.2. The molecule has 1 heterocycles. The maximum Gasteiger partial charge on any atom is 0.303 e. The lowest BCUT2D eigenvalue weighted by atomic mass is 10.2. The predicted molar refractivity (Wildman–Crippen MR) is 90.8 cm³/mol. The zero-order valence-corrected chi connectivity index (χ0v) is 14.1. The van der Waals surface area contributed by atoms with Crippen LogP contribution in [0.5, 0.6) is 11.5 Å². The quantitative estimate of drug-likeness (QED) is 0.680. The highest BCUT2D eigenvalue weighted by Gasteiger charge is 2.09. The Morgan fingerprint density at radius 1 is 1.21 bits per heavy atom. The highest BCUT2D eigenvalue weighted by Crippen LogP contribution is 2.21. The molecule has 1 amide bonds.